The fourth-order valence-corrected chi connectivity index (χ4v) is 4.14. The zero-order chi connectivity index (χ0) is 25.3. The molecule has 0 aliphatic rings. The first-order valence-corrected chi connectivity index (χ1v) is 12.3. The highest BCUT2D eigenvalue weighted by Gasteiger charge is 2.31. The van der Waals surface area contributed by atoms with E-state index in [0.29, 0.717) is 25.4 Å². The average molecular weight is 485 g/mol. The van der Waals surface area contributed by atoms with Gasteiger partial charge in [0.05, 0.1) is 5.52 Å². The number of carbonyl (C=O) groups excluding carboxylic acids is 2. The highest BCUT2D eigenvalue weighted by molar-refractivity contribution is 5.89. The molecule has 0 fully saturated rings. The van der Waals surface area contributed by atoms with E-state index >= 15 is 0 Å². The minimum atomic E-state index is -0.786. The molecule has 2 heterocycles. The van der Waals surface area contributed by atoms with Gasteiger partial charge in [-0.2, -0.15) is 0 Å². The number of nitrogens with zero attached hydrogens (tertiary/aromatic N) is 5. The lowest BCUT2D eigenvalue weighted by Gasteiger charge is -2.31. The monoisotopic (exact) mass is 484 g/mol. The van der Waals surface area contributed by atoms with E-state index in [1.54, 1.807) is 34.1 Å². The van der Waals surface area contributed by atoms with Crippen LogP contribution in [0.2, 0.25) is 0 Å². The number of benzene rings is 2. The van der Waals surface area contributed by atoms with Gasteiger partial charge >= 0.3 is 0 Å². The lowest BCUT2D eigenvalue weighted by atomic mass is 10.0. The van der Waals surface area contributed by atoms with E-state index in [0.717, 1.165) is 28.6 Å². The first kappa shape index (κ1) is 25.0. The zero-order valence-corrected chi connectivity index (χ0v) is 20.7. The van der Waals surface area contributed by atoms with Crippen molar-refractivity contribution >= 4 is 22.8 Å². The first-order chi connectivity index (χ1) is 17.5. The Balaban J connectivity index is 1.64. The van der Waals surface area contributed by atoms with Crippen molar-refractivity contribution < 1.29 is 9.59 Å². The molecule has 36 heavy (non-hydrogen) atoms. The standard InChI is InChI=1S/C28H32N6O2/c1-21(2)12-18-30-28(36)27(23-13-16-29-17-14-23)33(19-15-22-8-4-3-5-9-22)26(35)20-34-25-11-7-6-10-24(25)31-32-34/h3-11,13-14,16-17,21,27H,12,15,18-20H2,1-2H3,(H,30,36). The first-order valence-electron chi connectivity index (χ1n) is 12.3. The van der Waals surface area contributed by atoms with Crippen molar-refractivity contribution in [2.24, 2.45) is 5.92 Å². The molecular weight excluding hydrogens is 452 g/mol. The highest BCUT2D eigenvalue weighted by atomic mass is 16.2. The second-order valence-corrected chi connectivity index (χ2v) is 9.22. The number of hydrogen-bond acceptors (Lipinski definition) is 5. The van der Waals surface area contributed by atoms with Gasteiger partial charge < -0.3 is 10.2 Å². The summed E-state index contributed by atoms with van der Waals surface area (Å²) in [5.41, 5.74) is 3.31. The maximum atomic E-state index is 13.8. The Labute approximate surface area is 211 Å². The lowest BCUT2D eigenvalue weighted by Crippen LogP contribution is -2.46. The fourth-order valence-electron chi connectivity index (χ4n) is 4.14. The Hall–Kier alpha value is -4.07. The zero-order valence-electron chi connectivity index (χ0n) is 20.7. The van der Waals surface area contributed by atoms with Crippen molar-refractivity contribution in [1.29, 1.82) is 0 Å². The van der Waals surface area contributed by atoms with Crippen molar-refractivity contribution in [2.75, 3.05) is 13.1 Å². The molecule has 1 N–H and O–H groups in total. The molecule has 2 aromatic heterocycles. The minimum Gasteiger partial charge on any atom is -0.354 e. The van der Waals surface area contributed by atoms with Crippen LogP contribution in [0.25, 0.3) is 11.0 Å². The quantitative estimate of drug-likeness (QED) is 0.350. The van der Waals surface area contributed by atoms with Crippen LogP contribution in [0.5, 0.6) is 0 Å². The Morgan fingerprint density at radius 2 is 1.69 bits per heavy atom. The molecule has 4 rings (SSSR count). The maximum Gasteiger partial charge on any atom is 0.247 e. The number of rotatable bonds is 11. The molecule has 2 amide bonds. The number of hydrogen-bond donors (Lipinski definition) is 1. The molecule has 186 valence electrons. The summed E-state index contributed by atoms with van der Waals surface area (Å²) in [6, 6.07) is 20.3. The Morgan fingerprint density at radius 1 is 0.972 bits per heavy atom. The van der Waals surface area contributed by atoms with E-state index in [4.69, 9.17) is 0 Å². The van der Waals surface area contributed by atoms with Gasteiger partial charge in [-0.25, -0.2) is 4.68 Å². The summed E-state index contributed by atoms with van der Waals surface area (Å²) in [7, 11) is 0. The van der Waals surface area contributed by atoms with Crippen LogP contribution < -0.4 is 5.32 Å². The van der Waals surface area contributed by atoms with Gasteiger partial charge in [0.15, 0.2) is 0 Å². The summed E-state index contributed by atoms with van der Waals surface area (Å²) in [6.45, 7) is 5.14. The molecule has 2 aromatic carbocycles. The molecule has 0 aliphatic carbocycles. The summed E-state index contributed by atoms with van der Waals surface area (Å²) in [5.74, 6) is 0.0511. The van der Waals surface area contributed by atoms with E-state index in [1.165, 1.54) is 0 Å². The predicted octanol–water partition coefficient (Wildman–Crippen LogP) is 3.80. The third-order valence-electron chi connectivity index (χ3n) is 6.11. The molecule has 8 nitrogen and oxygen atoms in total. The fraction of sp³-hybridized carbons (Fsp3) is 0.321. The largest absolute Gasteiger partial charge is 0.354 e. The van der Waals surface area contributed by atoms with Gasteiger partial charge in [0.2, 0.25) is 11.8 Å². The smallest absolute Gasteiger partial charge is 0.247 e. The topological polar surface area (TPSA) is 93.0 Å². The molecular formula is C28H32N6O2. The van der Waals surface area contributed by atoms with E-state index in [-0.39, 0.29) is 18.4 Å². The molecule has 1 unspecified atom stereocenters. The molecule has 0 spiro atoms. The predicted molar refractivity (Wildman–Crippen MR) is 139 cm³/mol. The summed E-state index contributed by atoms with van der Waals surface area (Å²) in [6.07, 6.45) is 4.77. The van der Waals surface area contributed by atoms with Gasteiger partial charge in [-0.1, -0.05) is 61.5 Å². The van der Waals surface area contributed by atoms with Crippen molar-refractivity contribution in [3.63, 3.8) is 0 Å². The van der Waals surface area contributed by atoms with Crippen LogP contribution in [0.3, 0.4) is 0 Å². The summed E-state index contributed by atoms with van der Waals surface area (Å²) >= 11 is 0. The SMILES string of the molecule is CC(C)CCNC(=O)C(c1ccncc1)N(CCc1ccccc1)C(=O)Cn1nnc2ccccc21. The second-order valence-electron chi connectivity index (χ2n) is 9.22. The molecule has 0 aliphatic heterocycles. The number of carbonyl (C=O) groups is 2. The van der Waals surface area contributed by atoms with Gasteiger partial charge in [-0.15, -0.1) is 5.10 Å². The number of nitrogens with one attached hydrogen (secondary N) is 1. The van der Waals surface area contributed by atoms with Gasteiger partial charge in [0.25, 0.3) is 0 Å². The van der Waals surface area contributed by atoms with E-state index < -0.39 is 6.04 Å². The Bertz CT molecular complexity index is 1270. The van der Waals surface area contributed by atoms with Gasteiger partial charge in [-0.3, -0.25) is 14.6 Å². The van der Waals surface area contributed by atoms with Crippen LogP contribution in [-0.2, 0) is 22.6 Å². The summed E-state index contributed by atoms with van der Waals surface area (Å²) in [4.78, 5) is 33.1. The number of amides is 2. The third-order valence-corrected chi connectivity index (χ3v) is 6.11. The van der Waals surface area contributed by atoms with Crippen molar-refractivity contribution in [3.8, 4) is 0 Å². The minimum absolute atomic E-state index is 0.0177. The molecule has 0 saturated carbocycles. The van der Waals surface area contributed by atoms with E-state index in [9.17, 15) is 9.59 Å². The van der Waals surface area contributed by atoms with Crippen LogP contribution in [-0.4, -0.2) is 49.8 Å². The molecule has 0 radical (unpaired) electrons. The van der Waals surface area contributed by atoms with Crippen molar-refractivity contribution in [1.82, 2.24) is 30.2 Å². The number of para-hydroxylation sites is 1. The van der Waals surface area contributed by atoms with Crippen LogP contribution >= 0.6 is 0 Å². The van der Waals surface area contributed by atoms with Gasteiger partial charge in [0.1, 0.15) is 18.1 Å². The lowest BCUT2D eigenvalue weighted by molar-refractivity contribution is -0.141. The van der Waals surface area contributed by atoms with Crippen LogP contribution in [0, 0.1) is 5.92 Å². The second kappa shape index (κ2) is 12.1. The van der Waals surface area contributed by atoms with Crippen molar-refractivity contribution in [3.05, 3.63) is 90.3 Å². The third kappa shape index (κ3) is 6.33. The number of fused-ring (bicyclic) bond motifs is 1. The van der Waals surface area contributed by atoms with Gasteiger partial charge in [-0.05, 0) is 54.2 Å². The Morgan fingerprint density at radius 3 is 2.44 bits per heavy atom. The van der Waals surface area contributed by atoms with E-state index in [1.807, 2.05) is 54.6 Å². The normalized spacial score (nSPS) is 12.0. The number of aromatic nitrogens is 4. The maximum absolute atomic E-state index is 13.8. The average Bonchev–Trinajstić information content (AvgIpc) is 3.30. The summed E-state index contributed by atoms with van der Waals surface area (Å²) < 4.78 is 1.59. The number of pyridine rings is 1. The molecule has 1 atom stereocenters. The highest BCUT2D eigenvalue weighted by Crippen LogP contribution is 2.23. The van der Waals surface area contributed by atoms with Crippen LogP contribution in [0.15, 0.2) is 79.1 Å². The molecule has 0 saturated heterocycles. The molecule has 8 heteroatoms. The Kier molecular flexibility index (Phi) is 8.39. The molecule has 4 aromatic rings. The van der Waals surface area contributed by atoms with E-state index in [2.05, 4.69) is 34.5 Å². The van der Waals surface area contributed by atoms with Crippen molar-refractivity contribution in [2.45, 2.75) is 39.3 Å². The van der Waals surface area contributed by atoms with Gasteiger partial charge in [0, 0.05) is 25.5 Å². The van der Waals surface area contributed by atoms with Crippen LogP contribution in [0.1, 0.15) is 37.4 Å². The summed E-state index contributed by atoms with van der Waals surface area (Å²) in [5, 5.41) is 11.4. The molecule has 0 bridgehead atoms. The van der Waals surface area contributed by atoms with Crippen LogP contribution in [0.4, 0.5) is 0 Å².